The minimum atomic E-state index is -5.70. The molecule has 8 N–H and O–H groups in total. The van der Waals surface area contributed by atoms with E-state index in [1.807, 2.05) is 0 Å². The van der Waals surface area contributed by atoms with Crippen molar-refractivity contribution in [2.24, 2.45) is 0 Å². The molecule has 2 aromatic heterocycles. The average molecular weight is 573 g/mol. The molecule has 0 saturated carbocycles. The van der Waals surface area contributed by atoms with Gasteiger partial charge in [0.15, 0.2) is 17.7 Å². The van der Waals surface area contributed by atoms with Gasteiger partial charge in [-0.3, -0.25) is 9.09 Å². The van der Waals surface area contributed by atoms with E-state index in [9.17, 15) is 28.8 Å². The van der Waals surface area contributed by atoms with Crippen LogP contribution in [0.5, 0.6) is 0 Å². The predicted molar refractivity (Wildman–Crippen MR) is 95.5 cm³/mol. The van der Waals surface area contributed by atoms with E-state index in [0.29, 0.717) is 0 Å². The molecule has 22 heteroatoms. The number of hydrogen-bond donors (Lipinski definition) is 7. The number of nitrogen functional groups attached to an aromatic ring is 1. The van der Waals surface area contributed by atoms with Gasteiger partial charge in [0.2, 0.25) is 0 Å². The van der Waals surface area contributed by atoms with E-state index in [1.54, 1.807) is 0 Å². The Morgan fingerprint density at radius 2 is 1.69 bits per heavy atom. The summed E-state index contributed by atoms with van der Waals surface area (Å²) in [4.78, 5) is 47.2. The number of hydrogen-bond acceptors (Lipinski definition) is 13. The number of aliphatic hydroxyl groups excluding tert-OH is 2. The number of phosphoric ester groups is 1. The van der Waals surface area contributed by atoms with Gasteiger partial charge in [-0.05, 0) is 0 Å². The van der Waals surface area contributed by atoms with Crippen LogP contribution in [0.3, 0.4) is 0 Å². The summed E-state index contributed by atoms with van der Waals surface area (Å²) in [5.41, 5.74) is 6.00. The zero-order chi connectivity index (χ0) is 23.2. The van der Waals surface area contributed by atoms with Crippen LogP contribution >= 0.6 is 23.5 Å². The molecule has 1 fully saturated rings. The van der Waals surface area contributed by atoms with Crippen molar-refractivity contribution in [1.29, 1.82) is 0 Å². The number of phosphoric acid groups is 3. The van der Waals surface area contributed by atoms with Gasteiger partial charge in [-0.15, -0.1) is 0 Å². The molecule has 0 aromatic carbocycles. The van der Waals surface area contributed by atoms with E-state index in [-0.39, 0.29) is 36.5 Å². The second kappa shape index (κ2) is 9.86. The maximum Gasteiger partial charge on any atom is 0.490 e. The summed E-state index contributed by atoms with van der Waals surface area (Å²) in [5.74, 6) is 0.0426. The first-order chi connectivity index (χ1) is 14.2. The molecule has 18 nitrogen and oxygen atoms in total. The van der Waals surface area contributed by atoms with Gasteiger partial charge in [0.25, 0.3) is 0 Å². The van der Waals surface area contributed by atoms with Crippen molar-refractivity contribution < 1.29 is 80.8 Å². The quantitative estimate of drug-likeness (QED) is 0.138. The summed E-state index contributed by atoms with van der Waals surface area (Å²) in [6.45, 7) is -0.956. The number of nitrogens with two attached hydrogens (primary N) is 1. The van der Waals surface area contributed by atoms with Crippen molar-refractivity contribution in [2.45, 2.75) is 24.5 Å². The summed E-state index contributed by atoms with van der Waals surface area (Å²) in [7, 11) is -16.7. The first kappa shape index (κ1) is 27.5. The van der Waals surface area contributed by atoms with E-state index in [1.165, 1.54) is 10.9 Å². The third-order valence-electron chi connectivity index (χ3n) is 3.82. The van der Waals surface area contributed by atoms with Crippen molar-refractivity contribution in [3.05, 3.63) is 12.7 Å². The molecule has 0 radical (unpaired) electrons. The largest absolute Gasteiger partial charge is 0.490 e. The third-order valence-corrected chi connectivity index (χ3v) is 7.62. The zero-order valence-corrected chi connectivity index (χ0v) is 21.3. The molecule has 0 aliphatic carbocycles. The molecule has 3 heterocycles. The Morgan fingerprint density at radius 1 is 1.03 bits per heavy atom. The molecule has 32 heavy (non-hydrogen) atoms. The van der Waals surface area contributed by atoms with Gasteiger partial charge in [0.05, 0.1) is 12.9 Å². The summed E-state index contributed by atoms with van der Waals surface area (Å²) in [6.07, 6.45) is -3.69. The molecule has 3 rings (SSSR count). The number of imidazole rings is 1. The van der Waals surface area contributed by atoms with Crippen LogP contribution < -0.4 is 5.73 Å². The maximum atomic E-state index is 11.8. The third kappa shape index (κ3) is 6.44. The summed E-state index contributed by atoms with van der Waals surface area (Å²) in [6, 6.07) is 0. The Hall–Kier alpha value is -0.737. The molecule has 1 aliphatic heterocycles. The average Bonchev–Trinajstić information content (AvgIpc) is 3.13. The molecule has 1 aliphatic rings. The second-order valence-corrected chi connectivity index (χ2v) is 10.4. The summed E-state index contributed by atoms with van der Waals surface area (Å²) < 4.78 is 51.9. The number of ether oxygens (including phenoxy) is 1. The predicted octanol–water partition coefficient (Wildman–Crippen LogP) is -1.63. The normalized spacial score (nSPS) is 27.6. The van der Waals surface area contributed by atoms with Gasteiger partial charge < -0.3 is 40.3 Å². The SMILES string of the molecule is Nc1ncnc2c1ncn2[C@@H]1O[C@H](COP(=O)(O)OP(=O)(O)OP(=O)(O)O)[C@@H](O)[C@H]1O.[Zn]. The molecule has 0 spiro atoms. The number of rotatable bonds is 8. The van der Waals surface area contributed by atoms with E-state index in [0.717, 1.165) is 6.33 Å². The van der Waals surface area contributed by atoms with Crippen molar-refractivity contribution in [3.8, 4) is 0 Å². The topological polar surface area (TPSA) is 279 Å². The fraction of sp³-hybridized carbons (Fsp3) is 0.500. The molecule has 0 amide bonds. The van der Waals surface area contributed by atoms with Gasteiger partial charge >= 0.3 is 23.5 Å². The Labute approximate surface area is 190 Å². The number of nitrogens with zero attached hydrogens (tertiary/aromatic N) is 4. The van der Waals surface area contributed by atoms with E-state index in [2.05, 4.69) is 28.1 Å². The second-order valence-electron chi connectivity index (χ2n) is 6.02. The Balaban J connectivity index is 0.00000363. The van der Waals surface area contributed by atoms with Crippen LogP contribution in [0, 0.1) is 0 Å². The standard InChI is InChI=1S/C10H16N5O13P3.Zn/c11-8-5-9(13-2-12-8)15(3-14-5)10-7(17)6(16)4(26-10)1-25-30(21,22)28-31(23,24)27-29(18,19)20;/h2-4,6-7,10,16-17H,1H2,(H,21,22)(H,23,24)(H2,11,12,13)(H2,18,19,20);/t4-,6-,7-,10-;/m1./s1. The van der Waals surface area contributed by atoms with Crippen LogP contribution in [0.4, 0.5) is 5.82 Å². The Kier molecular flexibility index (Phi) is 8.48. The molecule has 2 aromatic rings. The first-order valence-corrected chi connectivity index (χ1v) is 12.4. The Bertz CT molecular complexity index is 1110. The van der Waals surface area contributed by atoms with Crippen molar-refractivity contribution in [3.63, 3.8) is 0 Å². The molecule has 176 valence electrons. The van der Waals surface area contributed by atoms with Crippen LogP contribution in [0.1, 0.15) is 6.23 Å². The summed E-state index contributed by atoms with van der Waals surface area (Å²) in [5, 5.41) is 20.4. The van der Waals surface area contributed by atoms with E-state index >= 15 is 0 Å². The minimum Gasteiger partial charge on any atom is -0.387 e. The van der Waals surface area contributed by atoms with Crippen LogP contribution in [0.2, 0.25) is 0 Å². The fourth-order valence-corrected chi connectivity index (χ4v) is 5.65. The molecular formula is C10H16N5O13P3Zn. The molecule has 0 bridgehead atoms. The van der Waals surface area contributed by atoms with Crippen LogP contribution in [-0.4, -0.2) is 74.2 Å². The number of aromatic nitrogens is 4. The number of aliphatic hydroxyl groups is 2. The van der Waals surface area contributed by atoms with Crippen LogP contribution in [-0.2, 0) is 51.1 Å². The summed E-state index contributed by atoms with van der Waals surface area (Å²) >= 11 is 0. The maximum absolute atomic E-state index is 11.8. The molecule has 1 saturated heterocycles. The number of fused-ring (bicyclic) bond motifs is 1. The smallest absolute Gasteiger partial charge is 0.387 e. The minimum absolute atomic E-state index is 0. The van der Waals surface area contributed by atoms with Crippen molar-refractivity contribution >= 4 is 40.4 Å². The monoisotopic (exact) mass is 571 g/mol. The van der Waals surface area contributed by atoms with E-state index in [4.69, 9.17) is 25.2 Å². The van der Waals surface area contributed by atoms with Gasteiger partial charge in [-0.1, -0.05) is 0 Å². The molecule has 2 unspecified atom stereocenters. The van der Waals surface area contributed by atoms with Gasteiger partial charge in [-0.2, -0.15) is 8.62 Å². The fourth-order valence-electron chi connectivity index (χ4n) is 2.62. The van der Waals surface area contributed by atoms with E-state index < -0.39 is 54.6 Å². The zero-order valence-electron chi connectivity index (χ0n) is 15.6. The van der Waals surface area contributed by atoms with Gasteiger partial charge in [0, 0.05) is 19.5 Å². The van der Waals surface area contributed by atoms with Gasteiger partial charge in [0.1, 0.15) is 30.2 Å². The first-order valence-electron chi connectivity index (χ1n) is 7.92. The van der Waals surface area contributed by atoms with Crippen molar-refractivity contribution in [1.82, 2.24) is 19.5 Å². The van der Waals surface area contributed by atoms with Gasteiger partial charge in [-0.25, -0.2) is 28.6 Å². The number of anilines is 1. The van der Waals surface area contributed by atoms with Crippen LogP contribution in [0.15, 0.2) is 12.7 Å². The van der Waals surface area contributed by atoms with Crippen LogP contribution in [0.25, 0.3) is 11.2 Å². The Morgan fingerprint density at radius 3 is 2.31 bits per heavy atom. The van der Waals surface area contributed by atoms with Crippen molar-refractivity contribution in [2.75, 3.05) is 12.3 Å². The molecule has 6 atom stereocenters. The molecular weight excluding hydrogens is 556 g/mol.